The van der Waals surface area contributed by atoms with E-state index >= 15 is 0 Å². The Kier molecular flexibility index (Phi) is 7.94. The summed E-state index contributed by atoms with van der Waals surface area (Å²) in [5.41, 5.74) is 0.527. The lowest BCUT2D eigenvalue weighted by atomic mass is 10.1. The van der Waals surface area contributed by atoms with E-state index in [1.807, 2.05) is 19.9 Å². The molecular formula is C19H22N2O4. The number of nitriles is 1. The number of amides is 1. The highest BCUT2D eigenvalue weighted by atomic mass is 16.6. The molecule has 6 nitrogen and oxygen atoms in total. The van der Waals surface area contributed by atoms with Crippen LogP contribution in [0, 0.1) is 17.2 Å². The Labute approximate surface area is 147 Å². The van der Waals surface area contributed by atoms with Crippen molar-refractivity contribution in [2.45, 2.75) is 20.3 Å². The number of nitrogens with one attached hydrogen (secondary N) is 1. The number of benzene rings is 1. The van der Waals surface area contributed by atoms with Gasteiger partial charge in [0.25, 0.3) is 5.91 Å². The third kappa shape index (κ3) is 6.51. The maximum atomic E-state index is 11.9. The third-order valence-electron chi connectivity index (χ3n) is 3.07. The molecule has 1 aromatic carbocycles. The lowest BCUT2D eigenvalue weighted by molar-refractivity contribution is -0.135. The Morgan fingerprint density at radius 2 is 2.08 bits per heavy atom. The molecule has 0 aromatic heterocycles. The number of nitrogens with zero attached hydrogens (tertiary/aromatic N) is 1. The maximum Gasteiger partial charge on any atom is 0.311 e. The molecule has 0 aliphatic heterocycles. The summed E-state index contributed by atoms with van der Waals surface area (Å²) in [6.07, 6.45) is 3.25. The van der Waals surface area contributed by atoms with Crippen molar-refractivity contribution in [1.82, 2.24) is 5.32 Å². The molecule has 0 radical (unpaired) electrons. The molecule has 0 aliphatic rings. The molecule has 1 aromatic rings. The van der Waals surface area contributed by atoms with Gasteiger partial charge in [-0.25, -0.2) is 0 Å². The molecule has 0 unspecified atom stereocenters. The van der Waals surface area contributed by atoms with Crippen molar-refractivity contribution < 1.29 is 19.1 Å². The molecule has 0 heterocycles. The van der Waals surface area contributed by atoms with Crippen molar-refractivity contribution in [3.8, 4) is 17.6 Å². The number of rotatable bonds is 8. The van der Waals surface area contributed by atoms with Crippen molar-refractivity contribution >= 4 is 18.0 Å². The average Bonchev–Trinajstić information content (AvgIpc) is 2.57. The van der Waals surface area contributed by atoms with Gasteiger partial charge in [0.15, 0.2) is 11.5 Å². The maximum absolute atomic E-state index is 11.9. The van der Waals surface area contributed by atoms with Gasteiger partial charge in [-0.05, 0) is 29.7 Å². The van der Waals surface area contributed by atoms with Crippen LogP contribution in [0.2, 0.25) is 0 Å². The second-order valence-corrected chi connectivity index (χ2v) is 5.65. The van der Waals surface area contributed by atoms with E-state index in [2.05, 4.69) is 11.9 Å². The summed E-state index contributed by atoms with van der Waals surface area (Å²) >= 11 is 0. The fraction of sp³-hybridized carbons (Fsp3) is 0.316. The molecule has 6 heteroatoms. The van der Waals surface area contributed by atoms with Crippen LogP contribution in [0.4, 0.5) is 0 Å². The van der Waals surface area contributed by atoms with Crippen LogP contribution in [0.15, 0.2) is 36.4 Å². The highest BCUT2D eigenvalue weighted by Crippen LogP contribution is 2.29. The van der Waals surface area contributed by atoms with E-state index in [0.717, 1.165) is 0 Å². The van der Waals surface area contributed by atoms with Crippen LogP contribution in [-0.4, -0.2) is 25.5 Å². The standard InChI is InChI=1S/C19H22N2O4/c1-5-8-21-19(23)15(12-20)10-14-6-7-16(17(11-14)24-4)25-18(22)9-13(2)3/h5-7,10-11,13H,1,8-9H2,2-4H3,(H,21,23)/b15-10+. The summed E-state index contributed by atoms with van der Waals surface area (Å²) in [6.45, 7) is 7.62. The van der Waals surface area contributed by atoms with Gasteiger partial charge in [0, 0.05) is 13.0 Å². The summed E-state index contributed by atoms with van der Waals surface area (Å²) in [6, 6.07) is 6.65. The Bertz CT molecular complexity index is 715. The van der Waals surface area contributed by atoms with Gasteiger partial charge in [-0.1, -0.05) is 26.0 Å². The van der Waals surface area contributed by atoms with Crippen molar-refractivity contribution in [2.75, 3.05) is 13.7 Å². The predicted molar refractivity (Wildman–Crippen MR) is 94.9 cm³/mol. The van der Waals surface area contributed by atoms with E-state index in [1.54, 1.807) is 18.2 Å². The zero-order valence-corrected chi connectivity index (χ0v) is 14.7. The molecule has 1 rings (SSSR count). The molecule has 25 heavy (non-hydrogen) atoms. The van der Waals surface area contributed by atoms with E-state index in [4.69, 9.17) is 14.7 Å². The van der Waals surface area contributed by atoms with E-state index < -0.39 is 5.91 Å². The number of carbonyl (C=O) groups is 2. The van der Waals surface area contributed by atoms with Gasteiger partial charge in [-0.3, -0.25) is 9.59 Å². The van der Waals surface area contributed by atoms with Gasteiger partial charge in [-0.15, -0.1) is 6.58 Å². The SMILES string of the molecule is C=CCNC(=O)/C(C#N)=C/c1ccc(OC(=O)CC(C)C)c(OC)c1. The normalized spacial score (nSPS) is 10.8. The van der Waals surface area contributed by atoms with Crippen LogP contribution >= 0.6 is 0 Å². The molecule has 0 bridgehead atoms. The van der Waals surface area contributed by atoms with Crippen LogP contribution in [0.25, 0.3) is 6.08 Å². The van der Waals surface area contributed by atoms with Crippen LogP contribution in [-0.2, 0) is 9.59 Å². The summed E-state index contributed by atoms with van der Waals surface area (Å²) in [5.74, 6) is -0.0190. The molecular weight excluding hydrogens is 320 g/mol. The van der Waals surface area contributed by atoms with Gasteiger partial charge in [-0.2, -0.15) is 5.26 Å². The largest absolute Gasteiger partial charge is 0.493 e. The van der Waals surface area contributed by atoms with Gasteiger partial charge in [0.1, 0.15) is 11.6 Å². The first-order valence-corrected chi connectivity index (χ1v) is 7.80. The van der Waals surface area contributed by atoms with E-state index in [9.17, 15) is 9.59 Å². The van der Waals surface area contributed by atoms with Crippen molar-refractivity contribution in [3.05, 3.63) is 42.0 Å². The van der Waals surface area contributed by atoms with Gasteiger partial charge < -0.3 is 14.8 Å². The Hall–Kier alpha value is -3.07. The first-order chi connectivity index (χ1) is 11.9. The number of carbonyl (C=O) groups excluding carboxylic acids is 2. The lowest BCUT2D eigenvalue weighted by Crippen LogP contribution is -2.24. The number of esters is 1. The van der Waals surface area contributed by atoms with Crippen LogP contribution in [0.5, 0.6) is 11.5 Å². The smallest absolute Gasteiger partial charge is 0.311 e. The van der Waals surface area contributed by atoms with Crippen molar-refractivity contribution in [1.29, 1.82) is 5.26 Å². The minimum absolute atomic E-state index is 0.0477. The minimum Gasteiger partial charge on any atom is -0.493 e. The molecule has 132 valence electrons. The summed E-state index contributed by atoms with van der Waals surface area (Å²) in [4.78, 5) is 23.7. The minimum atomic E-state index is -0.492. The molecule has 0 saturated carbocycles. The number of methoxy groups -OCH3 is 1. The Balaban J connectivity index is 3.01. The first kappa shape index (κ1) is 20.0. The van der Waals surface area contributed by atoms with Gasteiger partial charge in [0.05, 0.1) is 7.11 Å². The van der Waals surface area contributed by atoms with Gasteiger partial charge in [0.2, 0.25) is 0 Å². The van der Waals surface area contributed by atoms with Crippen molar-refractivity contribution in [2.24, 2.45) is 5.92 Å². The summed E-state index contributed by atoms with van der Waals surface area (Å²) in [5, 5.41) is 11.7. The second-order valence-electron chi connectivity index (χ2n) is 5.65. The first-order valence-electron chi connectivity index (χ1n) is 7.80. The van der Waals surface area contributed by atoms with E-state index in [1.165, 1.54) is 19.3 Å². The molecule has 0 spiro atoms. The molecule has 1 N–H and O–H groups in total. The van der Waals surface area contributed by atoms with Crippen LogP contribution in [0.3, 0.4) is 0 Å². The fourth-order valence-corrected chi connectivity index (χ4v) is 1.93. The number of hydrogen-bond acceptors (Lipinski definition) is 5. The Morgan fingerprint density at radius 3 is 2.64 bits per heavy atom. The quantitative estimate of drug-likeness (QED) is 0.258. The molecule has 0 fully saturated rings. The number of ether oxygens (including phenoxy) is 2. The van der Waals surface area contributed by atoms with Gasteiger partial charge >= 0.3 is 5.97 Å². The monoisotopic (exact) mass is 342 g/mol. The third-order valence-corrected chi connectivity index (χ3v) is 3.07. The molecule has 1 amide bonds. The zero-order valence-electron chi connectivity index (χ0n) is 14.7. The molecule has 0 saturated heterocycles. The fourth-order valence-electron chi connectivity index (χ4n) is 1.93. The highest BCUT2D eigenvalue weighted by Gasteiger charge is 2.13. The zero-order chi connectivity index (χ0) is 18.8. The lowest BCUT2D eigenvalue weighted by Gasteiger charge is -2.11. The Morgan fingerprint density at radius 1 is 1.36 bits per heavy atom. The van der Waals surface area contributed by atoms with E-state index in [-0.39, 0.29) is 24.0 Å². The van der Waals surface area contributed by atoms with Crippen LogP contribution < -0.4 is 14.8 Å². The van der Waals surface area contributed by atoms with E-state index in [0.29, 0.717) is 23.5 Å². The molecule has 0 atom stereocenters. The van der Waals surface area contributed by atoms with Crippen LogP contribution in [0.1, 0.15) is 25.8 Å². The number of hydrogen-bond donors (Lipinski definition) is 1. The second kappa shape index (κ2) is 9.93. The highest BCUT2D eigenvalue weighted by molar-refractivity contribution is 6.01. The average molecular weight is 342 g/mol. The topological polar surface area (TPSA) is 88.4 Å². The predicted octanol–water partition coefficient (Wildman–Crippen LogP) is 2.86. The molecule has 0 aliphatic carbocycles. The summed E-state index contributed by atoms with van der Waals surface area (Å²) in [7, 11) is 1.45. The summed E-state index contributed by atoms with van der Waals surface area (Å²) < 4.78 is 10.5. The van der Waals surface area contributed by atoms with Crippen molar-refractivity contribution in [3.63, 3.8) is 0 Å².